The standard InChI is InChI=1S/C21H22FN3O3S/c1-5-10-29-21-24-18-17(19(26)25-21)16(13-6-8-14(22)9-7-13)15(12(4)23-18)20(27)28-11(2)3/h5-9,11,16H,1,10H2,2-4H3,(H2,23,24,25,26)/t16-/m1/s1. The van der Waals surface area contributed by atoms with Gasteiger partial charge < -0.3 is 15.0 Å². The van der Waals surface area contributed by atoms with Gasteiger partial charge in [-0.05, 0) is 38.5 Å². The fraction of sp³-hybridized carbons (Fsp3) is 0.286. The van der Waals surface area contributed by atoms with E-state index in [1.807, 2.05) is 0 Å². The van der Waals surface area contributed by atoms with Crippen molar-refractivity contribution < 1.29 is 13.9 Å². The van der Waals surface area contributed by atoms with Crippen LogP contribution in [0.25, 0.3) is 0 Å². The van der Waals surface area contributed by atoms with Crippen LogP contribution in [-0.4, -0.2) is 27.8 Å². The number of hydrogen-bond donors (Lipinski definition) is 2. The first-order valence-corrected chi connectivity index (χ1v) is 10.1. The number of aromatic nitrogens is 2. The summed E-state index contributed by atoms with van der Waals surface area (Å²) in [5.74, 6) is -0.710. The Morgan fingerprint density at radius 2 is 2.07 bits per heavy atom. The lowest BCUT2D eigenvalue weighted by Gasteiger charge is -2.29. The van der Waals surface area contributed by atoms with Gasteiger partial charge in [0.25, 0.3) is 5.56 Å². The van der Waals surface area contributed by atoms with Crippen LogP contribution in [0.15, 0.2) is 58.1 Å². The summed E-state index contributed by atoms with van der Waals surface area (Å²) in [6.07, 6.45) is 1.39. The van der Waals surface area contributed by atoms with Gasteiger partial charge in [0.15, 0.2) is 5.16 Å². The molecule has 29 heavy (non-hydrogen) atoms. The Morgan fingerprint density at radius 3 is 2.69 bits per heavy atom. The number of aromatic amines is 1. The zero-order valence-corrected chi connectivity index (χ0v) is 17.2. The van der Waals surface area contributed by atoms with Crippen molar-refractivity contribution >= 4 is 23.5 Å². The van der Waals surface area contributed by atoms with Crippen LogP contribution < -0.4 is 10.9 Å². The molecule has 1 aliphatic rings. The third kappa shape index (κ3) is 4.42. The lowest BCUT2D eigenvalue weighted by molar-refractivity contribution is -0.143. The first kappa shape index (κ1) is 20.9. The normalized spacial score (nSPS) is 15.7. The van der Waals surface area contributed by atoms with E-state index in [9.17, 15) is 14.0 Å². The van der Waals surface area contributed by atoms with E-state index in [2.05, 4.69) is 21.9 Å². The first-order chi connectivity index (χ1) is 13.8. The fourth-order valence-corrected chi connectivity index (χ4v) is 3.77. The molecule has 0 bridgehead atoms. The quantitative estimate of drug-likeness (QED) is 0.321. The van der Waals surface area contributed by atoms with Crippen LogP contribution >= 0.6 is 11.8 Å². The largest absolute Gasteiger partial charge is 0.460 e. The summed E-state index contributed by atoms with van der Waals surface area (Å²) < 4.78 is 18.9. The van der Waals surface area contributed by atoms with Gasteiger partial charge in [-0.2, -0.15) is 0 Å². The third-order valence-electron chi connectivity index (χ3n) is 4.32. The number of thioether (sulfide) groups is 1. The molecular formula is C21H22FN3O3S. The number of H-pyrrole nitrogens is 1. The molecule has 2 aromatic rings. The number of hydrogen-bond acceptors (Lipinski definition) is 6. The number of esters is 1. The number of fused-ring (bicyclic) bond motifs is 1. The molecular weight excluding hydrogens is 393 g/mol. The number of carbonyl (C=O) groups excluding carboxylic acids is 1. The van der Waals surface area contributed by atoms with E-state index in [1.54, 1.807) is 39.0 Å². The van der Waals surface area contributed by atoms with Crippen molar-refractivity contribution in [3.05, 3.63) is 75.5 Å². The van der Waals surface area contributed by atoms with Gasteiger partial charge in [0.05, 0.1) is 23.2 Å². The van der Waals surface area contributed by atoms with E-state index >= 15 is 0 Å². The molecule has 0 amide bonds. The van der Waals surface area contributed by atoms with Gasteiger partial charge in [0.2, 0.25) is 0 Å². The van der Waals surface area contributed by atoms with E-state index in [0.29, 0.717) is 39.1 Å². The van der Waals surface area contributed by atoms with Gasteiger partial charge in [0, 0.05) is 11.4 Å². The summed E-state index contributed by atoms with van der Waals surface area (Å²) in [4.78, 5) is 33.1. The maximum Gasteiger partial charge on any atom is 0.337 e. The Kier molecular flexibility index (Phi) is 6.22. The van der Waals surface area contributed by atoms with Crippen molar-refractivity contribution in [3.63, 3.8) is 0 Å². The van der Waals surface area contributed by atoms with E-state index < -0.39 is 17.7 Å². The number of allylic oxidation sites excluding steroid dienone is 1. The van der Waals surface area contributed by atoms with Crippen LogP contribution in [0.5, 0.6) is 0 Å². The molecule has 0 radical (unpaired) electrons. The topological polar surface area (TPSA) is 84.1 Å². The molecule has 3 rings (SSSR count). The van der Waals surface area contributed by atoms with Crippen LogP contribution in [0.4, 0.5) is 10.2 Å². The fourth-order valence-electron chi connectivity index (χ4n) is 3.17. The van der Waals surface area contributed by atoms with Crippen molar-refractivity contribution in [2.45, 2.75) is 37.9 Å². The highest BCUT2D eigenvalue weighted by Gasteiger charge is 2.36. The van der Waals surface area contributed by atoms with Crippen LogP contribution in [-0.2, 0) is 9.53 Å². The number of rotatable bonds is 6. The summed E-state index contributed by atoms with van der Waals surface area (Å²) in [5.41, 5.74) is 1.36. The molecule has 2 heterocycles. The van der Waals surface area contributed by atoms with Crippen LogP contribution in [0.2, 0.25) is 0 Å². The molecule has 0 saturated carbocycles. The van der Waals surface area contributed by atoms with Crippen molar-refractivity contribution in [1.82, 2.24) is 9.97 Å². The maximum absolute atomic E-state index is 13.5. The van der Waals surface area contributed by atoms with Gasteiger partial charge >= 0.3 is 5.97 Å². The highest BCUT2D eigenvalue weighted by molar-refractivity contribution is 7.99. The monoisotopic (exact) mass is 415 g/mol. The van der Waals surface area contributed by atoms with Gasteiger partial charge in [-0.1, -0.05) is 30.0 Å². The molecule has 2 N–H and O–H groups in total. The van der Waals surface area contributed by atoms with E-state index in [-0.39, 0.29) is 11.7 Å². The van der Waals surface area contributed by atoms with E-state index in [0.717, 1.165) is 0 Å². The molecule has 0 unspecified atom stereocenters. The van der Waals surface area contributed by atoms with Crippen LogP contribution in [0.1, 0.15) is 37.8 Å². The van der Waals surface area contributed by atoms with Gasteiger partial charge in [-0.25, -0.2) is 14.2 Å². The molecule has 0 saturated heterocycles. The molecule has 1 aliphatic heterocycles. The molecule has 0 spiro atoms. The van der Waals surface area contributed by atoms with Crippen molar-refractivity contribution in [2.24, 2.45) is 0 Å². The SMILES string of the molecule is C=CCSc1nc2c(c(=O)[nH]1)[C@H](c1ccc(F)cc1)C(C(=O)OC(C)C)=C(C)N2. The Morgan fingerprint density at radius 1 is 1.38 bits per heavy atom. The smallest absolute Gasteiger partial charge is 0.337 e. The number of nitrogens with one attached hydrogen (secondary N) is 2. The number of anilines is 1. The van der Waals surface area contributed by atoms with E-state index in [1.165, 1.54) is 23.9 Å². The zero-order chi connectivity index (χ0) is 21.1. The Balaban J connectivity index is 2.18. The predicted molar refractivity (Wildman–Crippen MR) is 112 cm³/mol. The number of carbonyl (C=O) groups is 1. The minimum atomic E-state index is -0.729. The second-order valence-electron chi connectivity index (χ2n) is 6.84. The molecule has 0 fully saturated rings. The second-order valence-corrected chi connectivity index (χ2v) is 7.84. The Labute approximate surface area is 172 Å². The zero-order valence-electron chi connectivity index (χ0n) is 16.4. The summed E-state index contributed by atoms with van der Waals surface area (Å²) in [6.45, 7) is 8.90. The molecule has 152 valence electrons. The second kappa shape index (κ2) is 8.65. The van der Waals surface area contributed by atoms with Crippen LogP contribution in [0.3, 0.4) is 0 Å². The number of nitrogens with zero attached hydrogens (tertiary/aromatic N) is 1. The summed E-state index contributed by atoms with van der Waals surface area (Å²) in [6, 6.07) is 5.72. The van der Waals surface area contributed by atoms with Crippen LogP contribution in [0, 0.1) is 5.82 Å². The molecule has 6 nitrogen and oxygen atoms in total. The van der Waals surface area contributed by atoms with Gasteiger partial charge in [-0.3, -0.25) is 4.79 Å². The average molecular weight is 415 g/mol. The highest BCUT2D eigenvalue weighted by atomic mass is 32.2. The minimum absolute atomic E-state index is 0.292. The summed E-state index contributed by atoms with van der Waals surface area (Å²) in [5, 5.41) is 3.51. The molecule has 1 aromatic heterocycles. The third-order valence-corrected chi connectivity index (χ3v) is 5.19. The van der Waals surface area contributed by atoms with Gasteiger partial charge in [0.1, 0.15) is 11.6 Å². The highest BCUT2D eigenvalue weighted by Crippen LogP contribution is 2.40. The number of halogens is 1. The molecule has 1 atom stereocenters. The summed E-state index contributed by atoms with van der Waals surface area (Å²) >= 11 is 1.34. The van der Waals surface area contributed by atoms with Crippen molar-refractivity contribution in [3.8, 4) is 0 Å². The van der Waals surface area contributed by atoms with E-state index in [4.69, 9.17) is 4.74 Å². The predicted octanol–water partition coefficient (Wildman–Crippen LogP) is 3.97. The first-order valence-electron chi connectivity index (χ1n) is 9.14. The number of benzene rings is 1. The minimum Gasteiger partial charge on any atom is -0.460 e. The van der Waals surface area contributed by atoms with Gasteiger partial charge in [-0.15, -0.1) is 6.58 Å². The maximum atomic E-state index is 13.5. The lowest BCUT2D eigenvalue weighted by Crippen LogP contribution is -2.31. The summed E-state index contributed by atoms with van der Waals surface area (Å²) in [7, 11) is 0. The van der Waals surface area contributed by atoms with Crippen molar-refractivity contribution in [1.29, 1.82) is 0 Å². The number of ether oxygens (including phenoxy) is 1. The molecule has 0 aliphatic carbocycles. The Bertz CT molecular complexity index is 1030. The molecule has 1 aromatic carbocycles. The Hall–Kier alpha value is -2.87. The lowest BCUT2D eigenvalue weighted by atomic mass is 9.82. The molecule has 8 heteroatoms. The van der Waals surface area contributed by atoms with Crippen molar-refractivity contribution in [2.75, 3.05) is 11.1 Å². The average Bonchev–Trinajstić information content (AvgIpc) is 2.65.